The van der Waals surface area contributed by atoms with Crippen LogP contribution in [0.2, 0.25) is 10.0 Å². The van der Waals surface area contributed by atoms with Gasteiger partial charge in [0.05, 0.1) is 24.5 Å². The fourth-order valence-corrected chi connectivity index (χ4v) is 3.89. The third kappa shape index (κ3) is 5.11. The van der Waals surface area contributed by atoms with Crippen LogP contribution in [0.15, 0.2) is 61.2 Å². The number of anilines is 1. The number of carbonyl (C=O) groups excluding carboxylic acids is 1. The average molecular weight is 463 g/mol. The van der Waals surface area contributed by atoms with Crippen molar-refractivity contribution in [2.75, 3.05) is 18.5 Å². The largest absolute Gasteiger partial charge is 0.491 e. The monoisotopic (exact) mass is 462 g/mol. The maximum atomic E-state index is 10.9. The fourth-order valence-electron chi connectivity index (χ4n) is 3.34. The Labute approximate surface area is 188 Å². The van der Waals surface area contributed by atoms with E-state index >= 15 is 0 Å². The number of urea groups is 1. The van der Waals surface area contributed by atoms with Gasteiger partial charge in [-0.05, 0) is 36.4 Å². The van der Waals surface area contributed by atoms with Crippen molar-refractivity contribution < 1.29 is 19.0 Å². The highest BCUT2D eigenvalue weighted by Crippen LogP contribution is 2.40. The summed E-state index contributed by atoms with van der Waals surface area (Å²) < 4.78 is 20.2. The number of benzene rings is 2. The van der Waals surface area contributed by atoms with Crippen molar-refractivity contribution in [1.29, 1.82) is 0 Å². The molecular formula is C21H20Cl2N4O4. The van der Waals surface area contributed by atoms with Crippen LogP contribution >= 0.6 is 23.2 Å². The first-order valence-electron chi connectivity index (χ1n) is 9.46. The van der Waals surface area contributed by atoms with Crippen LogP contribution in [0.25, 0.3) is 0 Å². The second kappa shape index (κ2) is 9.15. The lowest BCUT2D eigenvalue weighted by Gasteiger charge is -2.30. The van der Waals surface area contributed by atoms with E-state index < -0.39 is 11.8 Å². The van der Waals surface area contributed by atoms with Gasteiger partial charge in [-0.2, -0.15) is 0 Å². The minimum Gasteiger partial charge on any atom is -0.491 e. The van der Waals surface area contributed by atoms with Crippen LogP contribution in [0, 0.1) is 0 Å². The highest BCUT2D eigenvalue weighted by atomic mass is 35.5. The minimum atomic E-state index is -1.11. The van der Waals surface area contributed by atoms with Crippen molar-refractivity contribution in [2.24, 2.45) is 5.73 Å². The maximum absolute atomic E-state index is 10.9. The number of hydrogen-bond acceptors (Lipinski definition) is 5. The second-order valence-corrected chi connectivity index (χ2v) is 7.83. The molecule has 0 saturated carbocycles. The van der Waals surface area contributed by atoms with Gasteiger partial charge >= 0.3 is 6.03 Å². The molecule has 3 N–H and O–H groups in total. The van der Waals surface area contributed by atoms with Gasteiger partial charge in [0.25, 0.3) is 0 Å². The zero-order valence-electron chi connectivity index (χ0n) is 16.3. The van der Waals surface area contributed by atoms with Crippen LogP contribution in [0.5, 0.6) is 5.75 Å². The van der Waals surface area contributed by atoms with Crippen LogP contribution < -0.4 is 15.8 Å². The summed E-state index contributed by atoms with van der Waals surface area (Å²) in [5, 5.41) is 3.47. The van der Waals surface area contributed by atoms with E-state index in [1.54, 1.807) is 55.0 Å². The van der Waals surface area contributed by atoms with Gasteiger partial charge < -0.3 is 29.8 Å². The minimum absolute atomic E-state index is 0.263. The van der Waals surface area contributed by atoms with Crippen LogP contribution in [-0.2, 0) is 21.8 Å². The lowest BCUT2D eigenvalue weighted by atomic mass is 10.1. The van der Waals surface area contributed by atoms with Gasteiger partial charge in [-0.3, -0.25) is 0 Å². The number of ether oxygens (including phenoxy) is 3. The van der Waals surface area contributed by atoms with E-state index in [2.05, 4.69) is 10.3 Å². The Hall–Kier alpha value is -2.78. The molecule has 0 spiro atoms. The zero-order valence-corrected chi connectivity index (χ0v) is 17.8. The number of rotatable bonds is 7. The van der Waals surface area contributed by atoms with Gasteiger partial charge in [0, 0.05) is 28.7 Å². The lowest BCUT2D eigenvalue weighted by Crippen LogP contribution is -2.34. The number of halogens is 2. The number of hydrogen-bond donors (Lipinski definition) is 2. The molecule has 4 rings (SSSR count). The van der Waals surface area contributed by atoms with E-state index in [0.29, 0.717) is 40.2 Å². The van der Waals surface area contributed by atoms with Crippen molar-refractivity contribution in [3.63, 3.8) is 0 Å². The molecule has 10 heteroatoms. The molecule has 1 saturated heterocycles. The van der Waals surface area contributed by atoms with Crippen molar-refractivity contribution >= 4 is 34.9 Å². The molecule has 162 valence electrons. The van der Waals surface area contributed by atoms with E-state index in [4.69, 9.17) is 43.1 Å². The molecule has 0 aliphatic carbocycles. The van der Waals surface area contributed by atoms with Crippen molar-refractivity contribution in [2.45, 2.75) is 18.4 Å². The maximum Gasteiger partial charge on any atom is 0.316 e. The standard InChI is InChI=1S/C21H20Cl2N4O4/c22-14-1-6-18(19(23)9-14)21(12-27-8-7-25-13-27)30-11-17(31-21)10-29-16-4-2-15(3-5-16)26-20(24)28/h1-9,13,17H,10-12H2,(H3,24,26,28). The Kier molecular flexibility index (Phi) is 6.33. The molecule has 2 aromatic carbocycles. The van der Waals surface area contributed by atoms with Crippen molar-refractivity contribution in [3.05, 3.63) is 76.8 Å². The molecule has 2 amide bonds. The van der Waals surface area contributed by atoms with E-state index in [9.17, 15) is 4.79 Å². The molecular weight excluding hydrogens is 443 g/mol. The van der Waals surface area contributed by atoms with Gasteiger partial charge in [0.15, 0.2) is 0 Å². The first kappa shape index (κ1) is 21.5. The zero-order chi connectivity index (χ0) is 21.8. The Balaban J connectivity index is 1.47. The van der Waals surface area contributed by atoms with E-state index in [-0.39, 0.29) is 12.7 Å². The number of nitrogens with two attached hydrogens (primary N) is 1. The van der Waals surface area contributed by atoms with Crippen molar-refractivity contribution in [1.82, 2.24) is 9.55 Å². The third-order valence-electron chi connectivity index (χ3n) is 4.71. The molecule has 1 aliphatic heterocycles. The average Bonchev–Trinajstić information content (AvgIpc) is 3.38. The summed E-state index contributed by atoms with van der Waals surface area (Å²) >= 11 is 12.5. The molecule has 31 heavy (non-hydrogen) atoms. The SMILES string of the molecule is NC(=O)Nc1ccc(OCC2COC(Cn3ccnc3)(c3ccc(Cl)cc3Cl)O2)cc1. The predicted molar refractivity (Wildman–Crippen MR) is 116 cm³/mol. The molecule has 1 aromatic heterocycles. The van der Waals surface area contributed by atoms with Gasteiger partial charge in [0.2, 0.25) is 5.79 Å². The summed E-state index contributed by atoms with van der Waals surface area (Å²) in [6, 6.07) is 11.4. The highest BCUT2D eigenvalue weighted by molar-refractivity contribution is 6.35. The Bertz CT molecular complexity index is 1050. The van der Waals surface area contributed by atoms with Gasteiger partial charge in [-0.1, -0.05) is 29.3 Å². The van der Waals surface area contributed by atoms with E-state index in [1.165, 1.54) is 0 Å². The normalized spacial score (nSPS) is 20.5. The van der Waals surface area contributed by atoms with E-state index in [1.807, 2.05) is 10.8 Å². The molecule has 3 aromatic rings. The third-order valence-corrected chi connectivity index (χ3v) is 5.26. The Morgan fingerprint density at radius 2 is 2.10 bits per heavy atom. The summed E-state index contributed by atoms with van der Waals surface area (Å²) in [4.78, 5) is 15.0. The van der Waals surface area contributed by atoms with Crippen LogP contribution in [0.4, 0.5) is 10.5 Å². The van der Waals surface area contributed by atoms with Crippen molar-refractivity contribution in [3.8, 4) is 5.75 Å². The summed E-state index contributed by atoms with van der Waals surface area (Å²) in [5.41, 5.74) is 6.37. The van der Waals surface area contributed by atoms with E-state index in [0.717, 1.165) is 0 Å². The molecule has 0 bridgehead atoms. The molecule has 2 atom stereocenters. The second-order valence-electron chi connectivity index (χ2n) is 6.99. The first-order chi connectivity index (χ1) is 14.9. The highest BCUT2D eigenvalue weighted by Gasteiger charge is 2.45. The van der Waals surface area contributed by atoms with Crippen LogP contribution in [0.3, 0.4) is 0 Å². The number of imidazole rings is 1. The predicted octanol–water partition coefficient (Wildman–Crippen LogP) is 4.03. The molecule has 1 fully saturated rings. The summed E-state index contributed by atoms with van der Waals surface area (Å²) in [6.07, 6.45) is 4.86. The fraction of sp³-hybridized carbons (Fsp3) is 0.238. The first-order valence-corrected chi connectivity index (χ1v) is 10.2. The summed E-state index contributed by atoms with van der Waals surface area (Å²) in [7, 11) is 0. The lowest BCUT2D eigenvalue weighted by molar-refractivity contribution is -0.189. The molecule has 2 unspecified atom stereocenters. The number of nitrogens with zero attached hydrogens (tertiary/aromatic N) is 2. The Morgan fingerprint density at radius 1 is 1.29 bits per heavy atom. The van der Waals surface area contributed by atoms with Crippen LogP contribution in [-0.4, -0.2) is 34.9 Å². The topological polar surface area (TPSA) is 101 Å². The molecule has 2 heterocycles. The number of carbonyl (C=O) groups is 1. The molecule has 8 nitrogen and oxygen atoms in total. The number of primary amides is 1. The molecule has 1 aliphatic rings. The summed E-state index contributed by atoms with van der Waals surface area (Å²) in [6.45, 7) is 0.937. The van der Waals surface area contributed by atoms with Crippen LogP contribution in [0.1, 0.15) is 5.56 Å². The number of amides is 2. The molecule has 0 radical (unpaired) electrons. The smallest absolute Gasteiger partial charge is 0.316 e. The number of nitrogens with one attached hydrogen (secondary N) is 1. The Morgan fingerprint density at radius 3 is 2.77 bits per heavy atom. The quantitative estimate of drug-likeness (QED) is 0.551. The van der Waals surface area contributed by atoms with Gasteiger partial charge in [-0.25, -0.2) is 9.78 Å². The van der Waals surface area contributed by atoms with Gasteiger partial charge in [0.1, 0.15) is 18.5 Å². The van der Waals surface area contributed by atoms with Gasteiger partial charge in [-0.15, -0.1) is 0 Å². The number of aromatic nitrogens is 2. The summed E-state index contributed by atoms with van der Waals surface area (Å²) in [5.74, 6) is -0.485.